The van der Waals surface area contributed by atoms with Crippen molar-refractivity contribution in [2.24, 2.45) is 0 Å². The minimum Gasteiger partial charge on any atom is -0.497 e. The van der Waals surface area contributed by atoms with E-state index in [-0.39, 0.29) is 11.8 Å². The zero-order chi connectivity index (χ0) is 13.4. The molecule has 1 aromatic heterocycles. The van der Waals surface area contributed by atoms with Crippen LogP contribution in [0.2, 0.25) is 0 Å². The van der Waals surface area contributed by atoms with Crippen LogP contribution in [0.5, 0.6) is 5.75 Å². The number of fused-ring (bicyclic) bond motifs is 1. The first-order valence-electron chi connectivity index (χ1n) is 6.17. The van der Waals surface area contributed by atoms with Crippen LogP contribution < -0.4 is 10.1 Å². The molecule has 0 spiro atoms. The summed E-state index contributed by atoms with van der Waals surface area (Å²) < 4.78 is 5.16. The summed E-state index contributed by atoms with van der Waals surface area (Å²) in [7, 11) is 1.64. The van der Waals surface area contributed by atoms with E-state index < -0.39 is 0 Å². The molecule has 2 N–H and O–H groups in total. The van der Waals surface area contributed by atoms with Gasteiger partial charge in [-0.3, -0.25) is 9.89 Å². The van der Waals surface area contributed by atoms with Crippen LogP contribution in [0, 0.1) is 6.92 Å². The van der Waals surface area contributed by atoms with Gasteiger partial charge in [-0.1, -0.05) is 12.1 Å². The Morgan fingerprint density at radius 1 is 1.32 bits per heavy atom. The van der Waals surface area contributed by atoms with E-state index in [4.69, 9.17) is 4.74 Å². The van der Waals surface area contributed by atoms with Crippen molar-refractivity contribution >= 4 is 11.7 Å². The van der Waals surface area contributed by atoms with Crippen molar-refractivity contribution in [3.05, 3.63) is 41.1 Å². The SMILES string of the molecule is COc1ccc([C@H]2CC(=O)Nc3n[nH]c(C)c32)cc1. The molecule has 98 valence electrons. The molecule has 1 aliphatic rings. The molecule has 2 aromatic rings. The number of hydrogen-bond donors (Lipinski definition) is 2. The number of aromatic nitrogens is 2. The highest BCUT2D eigenvalue weighted by Crippen LogP contribution is 2.38. The minimum atomic E-state index is -0.000168. The van der Waals surface area contributed by atoms with E-state index in [9.17, 15) is 4.79 Å². The van der Waals surface area contributed by atoms with Crippen LogP contribution in [0.1, 0.15) is 29.2 Å². The van der Waals surface area contributed by atoms with Crippen LogP contribution in [0.15, 0.2) is 24.3 Å². The maximum absolute atomic E-state index is 11.8. The number of H-pyrrole nitrogens is 1. The van der Waals surface area contributed by atoms with Gasteiger partial charge < -0.3 is 10.1 Å². The Bertz CT molecular complexity index is 616. The summed E-state index contributed by atoms with van der Waals surface area (Å²) in [6.07, 6.45) is 0.444. The first kappa shape index (κ1) is 11.8. The Hall–Kier alpha value is -2.30. The van der Waals surface area contributed by atoms with Gasteiger partial charge in [0.25, 0.3) is 0 Å². The fourth-order valence-electron chi connectivity index (χ4n) is 2.55. The zero-order valence-electron chi connectivity index (χ0n) is 10.9. The van der Waals surface area contributed by atoms with Gasteiger partial charge in [-0.15, -0.1) is 0 Å². The highest BCUT2D eigenvalue weighted by molar-refractivity contribution is 5.94. The van der Waals surface area contributed by atoms with Crippen LogP contribution in [0.4, 0.5) is 5.82 Å². The molecule has 1 aromatic carbocycles. The smallest absolute Gasteiger partial charge is 0.226 e. The Morgan fingerprint density at radius 2 is 2.05 bits per heavy atom. The van der Waals surface area contributed by atoms with Gasteiger partial charge in [0.1, 0.15) is 5.75 Å². The second-order valence-corrected chi connectivity index (χ2v) is 4.69. The molecule has 1 aliphatic heterocycles. The monoisotopic (exact) mass is 257 g/mol. The van der Waals surface area contributed by atoms with Gasteiger partial charge in [-0.2, -0.15) is 5.10 Å². The molecule has 0 unspecified atom stereocenters. The van der Waals surface area contributed by atoms with Gasteiger partial charge >= 0.3 is 0 Å². The molecule has 0 aliphatic carbocycles. The predicted molar refractivity (Wildman–Crippen MR) is 71.4 cm³/mol. The molecule has 0 radical (unpaired) electrons. The number of nitrogens with one attached hydrogen (secondary N) is 2. The molecule has 0 saturated carbocycles. The van der Waals surface area contributed by atoms with E-state index in [1.807, 2.05) is 31.2 Å². The van der Waals surface area contributed by atoms with E-state index in [0.717, 1.165) is 22.6 Å². The first-order chi connectivity index (χ1) is 9.19. The van der Waals surface area contributed by atoms with Crippen LogP contribution >= 0.6 is 0 Å². The lowest BCUT2D eigenvalue weighted by molar-refractivity contribution is -0.116. The van der Waals surface area contributed by atoms with Crippen molar-refractivity contribution in [3.63, 3.8) is 0 Å². The summed E-state index contributed by atoms with van der Waals surface area (Å²) in [6, 6.07) is 7.82. The molecule has 0 saturated heterocycles. The highest BCUT2D eigenvalue weighted by Gasteiger charge is 2.30. The summed E-state index contributed by atoms with van der Waals surface area (Å²) >= 11 is 0. The third-order valence-electron chi connectivity index (χ3n) is 3.51. The lowest BCUT2D eigenvalue weighted by atomic mass is 9.86. The van der Waals surface area contributed by atoms with E-state index in [1.54, 1.807) is 7.11 Å². The number of hydrogen-bond acceptors (Lipinski definition) is 3. The highest BCUT2D eigenvalue weighted by atomic mass is 16.5. The van der Waals surface area contributed by atoms with E-state index in [0.29, 0.717) is 12.2 Å². The third kappa shape index (κ3) is 1.97. The number of aromatic amines is 1. The molecule has 19 heavy (non-hydrogen) atoms. The number of carbonyl (C=O) groups excluding carboxylic acids is 1. The predicted octanol–water partition coefficient (Wildman–Crippen LogP) is 2.20. The van der Waals surface area contributed by atoms with Crippen molar-refractivity contribution in [1.29, 1.82) is 0 Å². The fourth-order valence-corrected chi connectivity index (χ4v) is 2.55. The average molecular weight is 257 g/mol. The van der Waals surface area contributed by atoms with Crippen LogP contribution in [0.3, 0.4) is 0 Å². The molecule has 0 fully saturated rings. The van der Waals surface area contributed by atoms with E-state index in [1.165, 1.54) is 0 Å². The number of carbonyl (C=O) groups is 1. The second-order valence-electron chi connectivity index (χ2n) is 4.69. The number of anilines is 1. The third-order valence-corrected chi connectivity index (χ3v) is 3.51. The standard InChI is InChI=1S/C14H15N3O2/c1-8-13-11(7-12(18)15-14(13)17-16-8)9-3-5-10(19-2)6-4-9/h3-6,11H,7H2,1-2H3,(H2,15,16,17,18)/t11-/m1/s1. The van der Waals surface area contributed by atoms with Gasteiger partial charge in [0.15, 0.2) is 5.82 Å². The van der Waals surface area contributed by atoms with Crippen LogP contribution in [-0.4, -0.2) is 23.2 Å². The van der Waals surface area contributed by atoms with Gasteiger partial charge in [0, 0.05) is 23.6 Å². The molecule has 5 nitrogen and oxygen atoms in total. The number of amides is 1. The van der Waals surface area contributed by atoms with E-state index in [2.05, 4.69) is 15.5 Å². The summed E-state index contributed by atoms with van der Waals surface area (Å²) in [5.74, 6) is 1.51. The molecule has 2 heterocycles. The molecule has 5 heteroatoms. The number of benzene rings is 1. The van der Waals surface area contributed by atoms with Gasteiger partial charge in [-0.05, 0) is 24.6 Å². The number of rotatable bonds is 2. The number of ether oxygens (including phenoxy) is 1. The molecule has 3 rings (SSSR count). The average Bonchev–Trinajstić information content (AvgIpc) is 2.79. The molecule has 1 amide bonds. The Balaban J connectivity index is 2.04. The lowest BCUT2D eigenvalue weighted by Gasteiger charge is -2.23. The van der Waals surface area contributed by atoms with Crippen molar-refractivity contribution in [1.82, 2.24) is 10.2 Å². The Kier molecular flexibility index (Phi) is 2.74. The molecule has 0 bridgehead atoms. The van der Waals surface area contributed by atoms with Crippen molar-refractivity contribution < 1.29 is 9.53 Å². The zero-order valence-corrected chi connectivity index (χ0v) is 10.9. The topological polar surface area (TPSA) is 67.0 Å². The normalized spacial score (nSPS) is 17.8. The molecule has 1 atom stereocenters. The van der Waals surface area contributed by atoms with Crippen LogP contribution in [0.25, 0.3) is 0 Å². The van der Waals surface area contributed by atoms with Crippen molar-refractivity contribution in [2.45, 2.75) is 19.3 Å². The van der Waals surface area contributed by atoms with Crippen molar-refractivity contribution in [3.8, 4) is 5.75 Å². The summed E-state index contributed by atoms with van der Waals surface area (Å²) in [4.78, 5) is 11.8. The molecular formula is C14H15N3O2. The maximum Gasteiger partial charge on any atom is 0.226 e. The van der Waals surface area contributed by atoms with Crippen molar-refractivity contribution in [2.75, 3.05) is 12.4 Å². The Morgan fingerprint density at radius 3 is 2.74 bits per heavy atom. The summed E-state index contributed by atoms with van der Waals surface area (Å²) in [5, 5.41) is 9.86. The summed E-state index contributed by atoms with van der Waals surface area (Å²) in [5.41, 5.74) is 3.17. The van der Waals surface area contributed by atoms with Gasteiger partial charge in [-0.25, -0.2) is 0 Å². The quantitative estimate of drug-likeness (QED) is 0.866. The maximum atomic E-state index is 11.8. The second kappa shape index (κ2) is 4.42. The van der Waals surface area contributed by atoms with Crippen LogP contribution in [-0.2, 0) is 4.79 Å². The first-order valence-corrected chi connectivity index (χ1v) is 6.17. The number of aryl methyl sites for hydroxylation is 1. The minimum absolute atomic E-state index is 0.000168. The van der Waals surface area contributed by atoms with E-state index >= 15 is 0 Å². The number of methoxy groups -OCH3 is 1. The summed E-state index contributed by atoms with van der Waals surface area (Å²) in [6.45, 7) is 1.97. The molecular weight excluding hydrogens is 242 g/mol. The Labute approximate surface area is 111 Å². The number of nitrogens with zero attached hydrogens (tertiary/aromatic N) is 1. The fraction of sp³-hybridized carbons (Fsp3) is 0.286. The lowest BCUT2D eigenvalue weighted by Crippen LogP contribution is -2.23. The van der Waals surface area contributed by atoms with Gasteiger partial charge in [0.2, 0.25) is 5.91 Å². The largest absolute Gasteiger partial charge is 0.497 e. The van der Waals surface area contributed by atoms with Gasteiger partial charge in [0.05, 0.1) is 7.11 Å².